The second kappa shape index (κ2) is 7.36. The Morgan fingerprint density at radius 3 is 2.27 bits per heavy atom. The zero-order valence-corrected chi connectivity index (χ0v) is 16.0. The molecule has 1 atom stereocenters. The van der Waals surface area contributed by atoms with Crippen LogP contribution in [0.4, 0.5) is 0 Å². The summed E-state index contributed by atoms with van der Waals surface area (Å²) in [4.78, 5) is 12.3. The molecule has 0 aliphatic heterocycles. The standard InChI is InChI=1S/C23H20N4O3/c24-21(25)14-10-9-12-5-1-2-6-13(12)16(14)11-17(23(28)29)20-19(22(26)27)15-7-3-4-8-18(15)30-20/h1-10,17H,11H2,(H3,24,25)(H3,26,27)(H,28,29). The molecule has 0 aliphatic carbocycles. The third kappa shape index (κ3) is 3.16. The van der Waals surface area contributed by atoms with Crippen LogP contribution in [-0.2, 0) is 11.2 Å². The van der Waals surface area contributed by atoms with Crippen molar-refractivity contribution in [2.75, 3.05) is 0 Å². The Kier molecular flexibility index (Phi) is 4.71. The average molecular weight is 400 g/mol. The number of carboxylic acid groups (broad SMARTS) is 1. The lowest BCUT2D eigenvalue weighted by molar-refractivity contribution is -0.139. The number of benzene rings is 3. The van der Waals surface area contributed by atoms with E-state index in [1.165, 1.54) is 0 Å². The number of nitrogen functional groups attached to an aromatic ring is 2. The molecule has 3 aromatic carbocycles. The lowest BCUT2D eigenvalue weighted by Gasteiger charge is -2.17. The van der Waals surface area contributed by atoms with Crippen LogP contribution in [0, 0.1) is 10.8 Å². The Labute approximate surface area is 171 Å². The van der Waals surface area contributed by atoms with Gasteiger partial charge >= 0.3 is 5.97 Å². The van der Waals surface area contributed by atoms with Crippen LogP contribution in [0.1, 0.15) is 28.4 Å². The summed E-state index contributed by atoms with van der Waals surface area (Å²) in [6.45, 7) is 0. The highest BCUT2D eigenvalue weighted by molar-refractivity contribution is 6.09. The Bertz CT molecular complexity index is 1320. The van der Waals surface area contributed by atoms with E-state index in [-0.39, 0.29) is 29.4 Å². The van der Waals surface area contributed by atoms with Crippen LogP contribution in [0.2, 0.25) is 0 Å². The number of hydrogen-bond acceptors (Lipinski definition) is 4. The number of para-hydroxylation sites is 1. The average Bonchev–Trinajstić information content (AvgIpc) is 3.10. The summed E-state index contributed by atoms with van der Waals surface area (Å²) in [6, 6.07) is 18.1. The highest BCUT2D eigenvalue weighted by Crippen LogP contribution is 2.35. The molecule has 1 heterocycles. The van der Waals surface area contributed by atoms with E-state index in [0.717, 1.165) is 10.8 Å². The highest BCUT2D eigenvalue weighted by Gasteiger charge is 2.31. The van der Waals surface area contributed by atoms with Gasteiger partial charge in [0.1, 0.15) is 28.9 Å². The number of furan rings is 1. The van der Waals surface area contributed by atoms with Gasteiger partial charge < -0.3 is 21.0 Å². The Morgan fingerprint density at radius 2 is 1.60 bits per heavy atom. The van der Waals surface area contributed by atoms with Gasteiger partial charge in [-0.2, -0.15) is 0 Å². The van der Waals surface area contributed by atoms with Crippen molar-refractivity contribution in [3.05, 3.63) is 83.1 Å². The van der Waals surface area contributed by atoms with Gasteiger partial charge in [0.15, 0.2) is 0 Å². The van der Waals surface area contributed by atoms with Gasteiger partial charge in [-0.25, -0.2) is 0 Å². The number of aliphatic carboxylic acids is 1. The van der Waals surface area contributed by atoms with E-state index in [1.807, 2.05) is 30.3 Å². The molecule has 0 spiro atoms. The van der Waals surface area contributed by atoms with Crippen molar-refractivity contribution in [3.63, 3.8) is 0 Å². The molecule has 4 aromatic rings. The van der Waals surface area contributed by atoms with E-state index in [4.69, 9.17) is 26.7 Å². The summed E-state index contributed by atoms with van der Waals surface area (Å²) < 4.78 is 5.88. The topological polar surface area (TPSA) is 150 Å². The van der Waals surface area contributed by atoms with Gasteiger partial charge in [0.05, 0.1) is 5.56 Å². The van der Waals surface area contributed by atoms with Crippen LogP contribution in [-0.4, -0.2) is 22.7 Å². The summed E-state index contributed by atoms with van der Waals surface area (Å²) in [5.41, 5.74) is 13.5. The van der Waals surface area contributed by atoms with Gasteiger partial charge in [-0.3, -0.25) is 15.6 Å². The van der Waals surface area contributed by atoms with E-state index in [1.54, 1.807) is 30.3 Å². The third-order valence-corrected chi connectivity index (χ3v) is 5.25. The zero-order valence-electron chi connectivity index (χ0n) is 16.0. The predicted octanol–water partition coefficient (Wildman–Crippen LogP) is 3.57. The fourth-order valence-corrected chi connectivity index (χ4v) is 3.89. The van der Waals surface area contributed by atoms with E-state index < -0.39 is 11.9 Å². The highest BCUT2D eigenvalue weighted by atomic mass is 16.4. The molecule has 7 nitrogen and oxygen atoms in total. The second-order valence-corrected chi connectivity index (χ2v) is 7.07. The molecule has 0 fully saturated rings. The number of hydrogen-bond donors (Lipinski definition) is 5. The van der Waals surface area contributed by atoms with Crippen LogP contribution in [0.15, 0.2) is 65.1 Å². The molecule has 0 aliphatic rings. The molecule has 1 unspecified atom stereocenters. The summed E-state index contributed by atoms with van der Waals surface area (Å²) in [6.07, 6.45) is 0.0334. The first-order valence-corrected chi connectivity index (χ1v) is 9.32. The molecule has 0 saturated carbocycles. The van der Waals surface area contributed by atoms with Crippen molar-refractivity contribution in [2.24, 2.45) is 11.5 Å². The maximum absolute atomic E-state index is 12.3. The number of amidine groups is 2. The molecule has 0 amide bonds. The molecule has 0 bridgehead atoms. The lowest BCUT2D eigenvalue weighted by atomic mass is 9.88. The third-order valence-electron chi connectivity index (χ3n) is 5.25. The molecule has 0 radical (unpaired) electrons. The summed E-state index contributed by atoms with van der Waals surface area (Å²) in [7, 11) is 0. The first kappa shape index (κ1) is 19.2. The second-order valence-electron chi connectivity index (χ2n) is 7.07. The normalized spacial score (nSPS) is 12.1. The number of carboxylic acids is 1. The van der Waals surface area contributed by atoms with Crippen LogP contribution in [0.25, 0.3) is 21.7 Å². The molecule has 7 heteroatoms. The Morgan fingerprint density at radius 1 is 0.933 bits per heavy atom. The smallest absolute Gasteiger partial charge is 0.314 e. The minimum atomic E-state index is -1.11. The number of fused-ring (bicyclic) bond motifs is 2. The van der Waals surface area contributed by atoms with E-state index in [2.05, 4.69) is 0 Å². The maximum atomic E-state index is 12.3. The lowest BCUT2D eigenvalue weighted by Crippen LogP contribution is -2.22. The maximum Gasteiger partial charge on any atom is 0.314 e. The number of carbonyl (C=O) groups is 1. The fourth-order valence-electron chi connectivity index (χ4n) is 3.89. The van der Waals surface area contributed by atoms with Gasteiger partial charge in [0.25, 0.3) is 0 Å². The van der Waals surface area contributed by atoms with E-state index in [0.29, 0.717) is 22.1 Å². The molecular formula is C23H20N4O3. The summed E-state index contributed by atoms with van der Waals surface area (Å²) in [5.74, 6) is -2.50. The van der Waals surface area contributed by atoms with Crippen LogP contribution >= 0.6 is 0 Å². The molecule has 4 rings (SSSR count). The SMILES string of the molecule is N=C(N)c1ccc2ccccc2c1CC(C(=O)O)c1oc2ccccc2c1C(=N)N. The van der Waals surface area contributed by atoms with Gasteiger partial charge in [-0.15, -0.1) is 0 Å². The first-order valence-electron chi connectivity index (χ1n) is 9.32. The quantitative estimate of drug-likeness (QED) is 0.248. The molecule has 30 heavy (non-hydrogen) atoms. The Balaban J connectivity index is 1.94. The minimum Gasteiger partial charge on any atom is -0.481 e. The van der Waals surface area contributed by atoms with Crippen molar-refractivity contribution in [2.45, 2.75) is 12.3 Å². The monoisotopic (exact) mass is 400 g/mol. The fraction of sp³-hybridized carbons (Fsp3) is 0.0870. The number of rotatable bonds is 6. The van der Waals surface area contributed by atoms with Crippen molar-refractivity contribution in [1.82, 2.24) is 0 Å². The summed E-state index contributed by atoms with van der Waals surface area (Å²) >= 11 is 0. The molecule has 7 N–H and O–H groups in total. The van der Waals surface area contributed by atoms with Gasteiger partial charge in [0, 0.05) is 10.9 Å². The minimum absolute atomic E-state index is 0.0334. The number of nitrogens with one attached hydrogen (secondary N) is 2. The van der Waals surface area contributed by atoms with Crippen molar-refractivity contribution >= 4 is 39.4 Å². The van der Waals surface area contributed by atoms with Crippen molar-refractivity contribution in [1.29, 1.82) is 10.8 Å². The molecule has 0 saturated heterocycles. The predicted molar refractivity (Wildman–Crippen MR) is 116 cm³/mol. The Hall–Kier alpha value is -4.13. The molecule has 1 aromatic heterocycles. The molecule has 150 valence electrons. The van der Waals surface area contributed by atoms with Crippen molar-refractivity contribution < 1.29 is 14.3 Å². The van der Waals surface area contributed by atoms with E-state index >= 15 is 0 Å². The largest absolute Gasteiger partial charge is 0.481 e. The van der Waals surface area contributed by atoms with E-state index in [9.17, 15) is 9.90 Å². The first-order chi connectivity index (χ1) is 14.4. The van der Waals surface area contributed by atoms with Crippen LogP contribution in [0.3, 0.4) is 0 Å². The van der Waals surface area contributed by atoms with Gasteiger partial charge in [0.2, 0.25) is 0 Å². The molecular weight excluding hydrogens is 380 g/mol. The zero-order chi connectivity index (χ0) is 21.4. The number of nitrogens with two attached hydrogens (primary N) is 2. The van der Waals surface area contributed by atoms with Gasteiger partial charge in [-0.1, -0.05) is 54.6 Å². The van der Waals surface area contributed by atoms with Gasteiger partial charge in [-0.05, 0) is 28.8 Å². The summed E-state index contributed by atoms with van der Waals surface area (Å²) in [5, 5.41) is 28.3. The van der Waals surface area contributed by atoms with Crippen molar-refractivity contribution in [3.8, 4) is 0 Å². The van der Waals surface area contributed by atoms with Crippen LogP contribution in [0.5, 0.6) is 0 Å². The van der Waals surface area contributed by atoms with Crippen LogP contribution < -0.4 is 11.5 Å².